The van der Waals surface area contributed by atoms with Crippen molar-refractivity contribution < 1.29 is 27.8 Å². The highest BCUT2D eigenvalue weighted by molar-refractivity contribution is 5.80. The van der Waals surface area contributed by atoms with Gasteiger partial charge in [0.25, 0.3) is 0 Å². The largest absolute Gasteiger partial charge is 0.469 e. The number of halogens is 2. The minimum absolute atomic E-state index is 0.00600. The molecule has 0 saturated heterocycles. The number of alkyl halides is 2. The van der Waals surface area contributed by atoms with Gasteiger partial charge < -0.3 is 9.47 Å². The average Bonchev–Trinajstić information content (AvgIpc) is 2.35. The van der Waals surface area contributed by atoms with Gasteiger partial charge in [-0.2, -0.15) is 0 Å². The highest BCUT2D eigenvalue weighted by atomic mass is 19.3. The van der Waals surface area contributed by atoms with Gasteiger partial charge in [-0.15, -0.1) is 6.58 Å². The van der Waals surface area contributed by atoms with Gasteiger partial charge in [0.15, 0.2) is 0 Å². The Morgan fingerprint density at radius 1 is 1.32 bits per heavy atom. The van der Waals surface area contributed by atoms with Gasteiger partial charge in [-0.1, -0.05) is 6.08 Å². The van der Waals surface area contributed by atoms with E-state index in [2.05, 4.69) is 16.1 Å². The monoisotopic (exact) mass is 276 g/mol. The van der Waals surface area contributed by atoms with Crippen LogP contribution in [0.2, 0.25) is 0 Å². The van der Waals surface area contributed by atoms with Gasteiger partial charge in [0, 0.05) is 12.8 Å². The van der Waals surface area contributed by atoms with E-state index >= 15 is 0 Å². The summed E-state index contributed by atoms with van der Waals surface area (Å²) in [6, 6.07) is 0. The van der Waals surface area contributed by atoms with E-state index in [-0.39, 0.29) is 12.8 Å². The van der Waals surface area contributed by atoms with Gasteiger partial charge in [0.1, 0.15) is 0 Å². The fraction of sp³-hybridized carbons (Fsp3) is 0.692. The molecule has 6 heteroatoms. The molecule has 0 aromatic carbocycles. The van der Waals surface area contributed by atoms with Gasteiger partial charge in [-0.05, 0) is 12.8 Å². The van der Waals surface area contributed by atoms with Crippen LogP contribution in [-0.2, 0) is 19.1 Å². The predicted molar refractivity (Wildman–Crippen MR) is 63.6 cm³/mol. The van der Waals surface area contributed by atoms with Crippen LogP contribution < -0.4 is 0 Å². The molecule has 1 aliphatic rings. The first-order chi connectivity index (χ1) is 8.80. The van der Waals surface area contributed by atoms with Crippen molar-refractivity contribution in [1.29, 1.82) is 0 Å². The molecule has 19 heavy (non-hydrogen) atoms. The van der Waals surface area contributed by atoms with Crippen molar-refractivity contribution in [2.45, 2.75) is 31.6 Å². The lowest BCUT2D eigenvalue weighted by Crippen LogP contribution is -2.47. The number of hydrogen-bond donors (Lipinski definition) is 0. The molecule has 0 N–H and O–H groups in total. The Labute approximate surface area is 110 Å². The summed E-state index contributed by atoms with van der Waals surface area (Å²) in [5.74, 6) is -5.57. The first-order valence-electron chi connectivity index (χ1n) is 5.95. The molecule has 0 amide bonds. The Balaban J connectivity index is 3.11. The maximum absolute atomic E-state index is 13.8. The van der Waals surface area contributed by atoms with Crippen LogP contribution in [0.1, 0.15) is 25.7 Å². The van der Waals surface area contributed by atoms with E-state index in [1.807, 2.05) is 0 Å². The summed E-state index contributed by atoms with van der Waals surface area (Å²) in [5.41, 5.74) is -1.41. The third-order valence-corrected chi connectivity index (χ3v) is 3.47. The van der Waals surface area contributed by atoms with Gasteiger partial charge in [-0.25, -0.2) is 8.78 Å². The van der Waals surface area contributed by atoms with Gasteiger partial charge in [0.2, 0.25) is 5.92 Å². The standard InChI is InChI=1S/C13H18F2O4/c1-4-5-12(11(17)19-3)6-9(10(16)18-2)7-13(14,15)8-12/h4,9H,1,5-8H2,2-3H3. The molecule has 4 nitrogen and oxygen atoms in total. The normalized spacial score (nSPS) is 29.4. The van der Waals surface area contributed by atoms with Crippen LogP contribution in [0.4, 0.5) is 8.78 Å². The molecule has 0 bridgehead atoms. The maximum atomic E-state index is 13.8. The molecule has 0 heterocycles. The molecule has 108 valence electrons. The summed E-state index contributed by atoms with van der Waals surface area (Å²) in [6.07, 6.45) is 0.200. The Bertz CT molecular complexity index is 381. The summed E-state index contributed by atoms with van der Waals surface area (Å²) in [7, 11) is 2.29. The van der Waals surface area contributed by atoms with Crippen molar-refractivity contribution in [3.63, 3.8) is 0 Å². The van der Waals surface area contributed by atoms with Crippen LogP contribution in [0.5, 0.6) is 0 Å². The summed E-state index contributed by atoms with van der Waals surface area (Å²) in [4.78, 5) is 23.4. The summed E-state index contributed by atoms with van der Waals surface area (Å²) in [6.45, 7) is 3.49. The van der Waals surface area contributed by atoms with Crippen molar-refractivity contribution >= 4 is 11.9 Å². The zero-order valence-corrected chi connectivity index (χ0v) is 11.1. The van der Waals surface area contributed by atoms with Crippen molar-refractivity contribution in [2.75, 3.05) is 14.2 Å². The fourth-order valence-electron chi connectivity index (χ4n) is 2.76. The molecule has 1 rings (SSSR count). The zero-order valence-electron chi connectivity index (χ0n) is 11.1. The number of allylic oxidation sites excluding steroid dienone is 1. The SMILES string of the molecule is C=CCC1(C(=O)OC)CC(C(=O)OC)CC(F)(F)C1. The number of carbonyl (C=O) groups is 2. The molecule has 2 unspecified atom stereocenters. The van der Waals surface area contributed by atoms with E-state index in [4.69, 9.17) is 0 Å². The van der Waals surface area contributed by atoms with Crippen molar-refractivity contribution in [2.24, 2.45) is 11.3 Å². The van der Waals surface area contributed by atoms with E-state index in [0.717, 1.165) is 14.2 Å². The Kier molecular flexibility index (Phi) is 4.66. The van der Waals surface area contributed by atoms with Gasteiger partial charge >= 0.3 is 11.9 Å². The minimum atomic E-state index is -3.10. The molecule has 1 fully saturated rings. The first-order valence-corrected chi connectivity index (χ1v) is 5.95. The Hall–Kier alpha value is -1.46. The van der Waals surface area contributed by atoms with E-state index in [1.165, 1.54) is 6.08 Å². The molecule has 0 radical (unpaired) electrons. The molecule has 0 aromatic rings. The van der Waals surface area contributed by atoms with Crippen molar-refractivity contribution in [1.82, 2.24) is 0 Å². The second-order valence-corrected chi connectivity index (χ2v) is 4.93. The molecule has 2 atom stereocenters. The van der Waals surface area contributed by atoms with Gasteiger partial charge in [-0.3, -0.25) is 9.59 Å². The van der Waals surface area contributed by atoms with E-state index in [0.29, 0.717) is 0 Å². The number of carbonyl (C=O) groups excluding carboxylic acids is 2. The van der Waals surface area contributed by atoms with Gasteiger partial charge in [0.05, 0.1) is 25.6 Å². The molecular weight excluding hydrogens is 258 g/mol. The molecule has 0 aliphatic heterocycles. The van der Waals surface area contributed by atoms with Crippen molar-refractivity contribution in [3.05, 3.63) is 12.7 Å². The van der Waals surface area contributed by atoms with Crippen LogP contribution in [0.25, 0.3) is 0 Å². The molecule has 0 spiro atoms. The summed E-state index contributed by atoms with van der Waals surface area (Å²) in [5, 5.41) is 0. The highest BCUT2D eigenvalue weighted by Gasteiger charge is 2.55. The van der Waals surface area contributed by atoms with Crippen LogP contribution in [0.3, 0.4) is 0 Å². The third kappa shape index (κ3) is 3.30. The number of ether oxygens (including phenoxy) is 2. The van der Waals surface area contributed by atoms with E-state index in [9.17, 15) is 18.4 Å². The average molecular weight is 276 g/mol. The quantitative estimate of drug-likeness (QED) is 0.584. The number of hydrogen-bond acceptors (Lipinski definition) is 4. The maximum Gasteiger partial charge on any atom is 0.312 e. The van der Waals surface area contributed by atoms with Crippen LogP contribution >= 0.6 is 0 Å². The molecular formula is C13H18F2O4. The lowest BCUT2D eigenvalue weighted by atomic mass is 9.66. The smallest absolute Gasteiger partial charge is 0.312 e. The molecule has 1 saturated carbocycles. The van der Waals surface area contributed by atoms with Crippen molar-refractivity contribution in [3.8, 4) is 0 Å². The number of rotatable bonds is 4. The minimum Gasteiger partial charge on any atom is -0.469 e. The van der Waals surface area contributed by atoms with E-state index in [1.54, 1.807) is 0 Å². The Morgan fingerprint density at radius 2 is 1.95 bits per heavy atom. The first kappa shape index (κ1) is 15.6. The number of esters is 2. The lowest BCUT2D eigenvalue weighted by molar-refractivity contribution is -0.176. The second kappa shape index (κ2) is 5.67. The molecule has 0 aromatic heterocycles. The zero-order chi connectivity index (χ0) is 14.7. The highest BCUT2D eigenvalue weighted by Crippen LogP contribution is 2.50. The molecule has 1 aliphatic carbocycles. The summed E-state index contributed by atoms with van der Waals surface area (Å²) >= 11 is 0. The lowest BCUT2D eigenvalue weighted by Gasteiger charge is -2.40. The predicted octanol–water partition coefficient (Wildman–Crippen LogP) is 2.33. The fourth-order valence-corrected chi connectivity index (χ4v) is 2.76. The van der Waals surface area contributed by atoms with Crippen LogP contribution in [0, 0.1) is 11.3 Å². The second-order valence-electron chi connectivity index (χ2n) is 4.93. The topological polar surface area (TPSA) is 52.6 Å². The van der Waals surface area contributed by atoms with E-state index < -0.39 is 42.0 Å². The van der Waals surface area contributed by atoms with Crippen LogP contribution in [0.15, 0.2) is 12.7 Å². The summed E-state index contributed by atoms with van der Waals surface area (Å²) < 4.78 is 36.8. The Morgan fingerprint density at radius 3 is 2.42 bits per heavy atom. The number of methoxy groups -OCH3 is 2. The third-order valence-electron chi connectivity index (χ3n) is 3.47. The van der Waals surface area contributed by atoms with Crippen LogP contribution in [-0.4, -0.2) is 32.1 Å².